The maximum absolute atomic E-state index is 12.3. The molecular weight excluding hydrogens is 236 g/mol. The van der Waals surface area contributed by atoms with E-state index in [1.807, 2.05) is 0 Å². The molecule has 0 aromatic carbocycles. The highest BCUT2D eigenvalue weighted by molar-refractivity contribution is 5.85. The number of nitrogens with zero attached hydrogens (tertiary/aromatic N) is 1. The first-order chi connectivity index (χ1) is 7.68. The van der Waals surface area contributed by atoms with Crippen molar-refractivity contribution in [2.75, 3.05) is 19.6 Å². The van der Waals surface area contributed by atoms with Gasteiger partial charge in [0.25, 0.3) is 0 Å². The fraction of sp³-hybridized carbons (Fsp3) is 0.923. The maximum atomic E-state index is 12.3. The van der Waals surface area contributed by atoms with Gasteiger partial charge in [0.1, 0.15) is 0 Å². The van der Waals surface area contributed by atoms with Gasteiger partial charge in [0.05, 0.1) is 6.04 Å². The second-order valence-corrected chi connectivity index (χ2v) is 5.53. The maximum Gasteiger partial charge on any atom is 0.239 e. The number of hydrogen-bond donors (Lipinski definition) is 1. The normalized spacial score (nSPS) is 34.0. The number of amides is 1. The topological polar surface area (TPSA) is 32.3 Å². The highest BCUT2D eigenvalue weighted by atomic mass is 35.5. The lowest BCUT2D eigenvalue weighted by atomic mass is 9.88. The van der Waals surface area contributed by atoms with Crippen LogP contribution in [0, 0.1) is 11.8 Å². The van der Waals surface area contributed by atoms with Crippen LogP contribution in [0.25, 0.3) is 0 Å². The fourth-order valence-electron chi connectivity index (χ4n) is 2.75. The summed E-state index contributed by atoms with van der Waals surface area (Å²) in [6, 6.07) is 0.106. The Kier molecular flexibility index (Phi) is 5.74. The van der Waals surface area contributed by atoms with Gasteiger partial charge in [-0.25, -0.2) is 0 Å². The quantitative estimate of drug-likeness (QED) is 0.783. The summed E-state index contributed by atoms with van der Waals surface area (Å²) in [4.78, 5) is 14.3. The summed E-state index contributed by atoms with van der Waals surface area (Å²) < 4.78 is 0. The van der Waals surface area contributed by atoms with Crippen LogP contribution in [0.3, 0.4) is 0 Å². The Hall–Kier alpha value is -0.280. The molecule has 0 bridgehead atoms. The van der Waals surface area contributed by atoms with E-state index in [2.05, 4.69) is 24.1 Å². The molecule has 1 N–H and O–H groups in total. The summed E-state index contributed by atoms with van der Waals surface area (Å²) in [7, 11) is 0. The Bertz CT molecular complexity index is 254. The molecule has 2 unspecified atom stereocenters. The van der Waals surface area contributed by atoms with Crippen LogP contribution in [-0.2, 0) is 4.79 Å². The first kappa shape index (κ1) is 14.8. The van der Waals surface area contributed by atoms with Crippen LogP contribution in [-0.4, -0.2) is 36.5 Å². The molecule has 0 aromatic rings. The lowest BCUT2D eigenvalue weighted by molar-refractivity contribution is -0.136. The summed E-state index contributed by atoms with van der Waals surface area (Å²) in [5.41, 5.74) is 0. The molecule has 2 heterocycles. The zero-order valence-corrected chi connectivity index (χ0v) is 11.8. The number of hydrogen-bond acceptors (Lipinski definition) is 2. The molecule has 2 rings (SSSR count). The van der Waals surface area contributed by atoms with Crippen molar-refractivity contribution in [1.82, 2.24) is 10.2 Å². The third-order valence-corrected chi connectivity index (χ3v) is 4.25. The molecule has 2 aliphatic heterocycles. The molecular formula is C13H25ClN2O. The smallest absolute Gasteiger partial charge is 0.239 e. The van der Waals surface area contributed by atoms with Crippen LogP contribution in [0.1, 0.15) is 39.5 Å². The molecule has 2 saturated heterocycles. The van der Waals surface area contributed by atoms with Crippen molar-refractivity contribution in [3.8, 4) is 0 Å². The Balaban J connectivity index is 0.00000144. The number of halogens is 1. The minimum atomic E-state index is 0. The van der Waals surface area contributed by atoms with E-state index < -0.39 is 0 Å². The highest BCUT2D eigenvalue weighted by Crippen LogP contribution is 2.23. The second kappa shape index (κ2) is 6.60. The third kappa shape index (κ3) is 3.59. The molecule has 3 nitrogen and oxygen atoms in total. The largest absolute Gasteiger partial charge is 0.341 e. The van der Waals surface area contributed by atoms with Crippen molar-refractivity contribution in [2.24, 2.45) is 11.8 Å². The molecule has 0 radical (unpaired) electrons. The molecule has 100 valence electrons. The van der Waals surface area contributed by atoms with E-state index in [0.29, 0.717) is 11.8 Å². The number of piperidine rings is 2. The fourth-order valence-corrected chi connectivity index (χ4v) is 2.75. The predicted octanol–water partition coefficient (Wildman–Crippen LogP) is 2.05. The standard InChI is InChI=1S/C13H24N2O.ClH/c1-10-6-8-15(9-11(10)2)13(16)12-5-3-4-7-14-12;/h10-12,14H,3-9H2,1-2H3;1H/t10?,11?,12-;/m0./s1. The van der Waals surface area contributed by atoms with Gasteiger partial charge in [-0.1, -0.05) is 20.3 Å². The Morgan fingerprint density at radius 2 is 1.94 bits per heavy atom. The third-order valence-electron chi connectivity index (χ3n) is 4.25. The van der Waals surface area contributed by atoms with E-state index >= 15 is 0 Å². The van der Waals surface area contributed by atoms with E-state index in [9.17, 15) is 4.79 Å². The summed E-state index contributed by atoms with van der Waals surface area (Å²) >= 11 is 0. The molecule has 0 aliphatic carbocycles. The summed E-state index contributed by atoms with van der Waals surface area (Å²) in [5.74, 6) is 1.77. The van der Waals surface area contributed by atoms with Crippen molar-refractivity contribution in [2.45, 2.75) is 45.6 Å². The molecule has 2 fully saturated rings. The van der Waals surface area contributed by atoms with Gasteiger partial charge in [0.15, 0.2) is 0 Å². The van der Waals surface area contributed by atoms with Crippen molar-refractivity contribution in [1.29, 1.82) is 0 Å². The Labute approximate surface area is 111 Å². The van der Waals surface area contributed by atoms with Crippen LogP contribution in [0.5, 0.6) is 0 Å². The van der Waals surface area contributed by atoms with E-state index in [0.717, 1.165) is 32.0 Å². The number of rotatable bonds is 1. The first-order valence-corrected chi connectivity index (χ1v) is 6.70. The van der Waals surface area contributed by atoms with Crippen molar-refractivity contribution < 1.29 is 4.79 Å². The average molecular weight is 261 g/mol. The zero-order valence-electron chi connectivity index (χ0n) is 10.9. The SMILES string of the molecule is CC1CCN(C(=O)[C@@H]2CCCCN2)CC1C.Cl. The molecule has 3 atom stereocenters. The number of nitrogens with one attached hydrogen (secondary N) is 1. The van der Waals surface area contributed by atoms with Crippen LogP contribution < -0.4 is 5.32 Å². The zero-order chi connectivity index (χ0) is 11.5. The Morgan fingerprint density at radius 3 is 2.53 bits per heavy atom. The van der Waals surface area contributed by atoms with Crippen LogP contribution in [0.15, 0.2) is 0 Å². The molecule has 17 heavy (non-hydrogen) atoms. The number of likely N-dealkylation sites (tertiary alicyclic amines) is 1. The van der Waals surface area contributed by atoms with Gasteiger partial charge < -0.3 is 10.2 Å². The Morgan fingerprint density at radius 1 is 1.18 bits per heavy atom. The molecule has 4 heteroatoms. The summed E-state index contributed by atoms with van der Waals surface area (Å²) in [6.07, 6.45) is 4.61. The minimum Gasteiger partial charge on any atom is -0.341 e. The van der Waals surface area contributed by atoms with Crippen molar-refractivity contribution in [3.63, 3.8) is 0 Å². The summed E-state index contributed by atoms with van der Waals surface area (Å²) in [5, 5.41) is 3.35. The van der Waals surface area contributed by atoms with Crippen molar-refractivity contribution in [3.05, 3.63) is 0 Å². The van der Waals surface area contributed by atoms with Gasteiger partial charge in [-0.3, -0.25) is 4.79 Å². The van der Waals surface area contributed by atoms with E-state index in [1.54, 1.807) is 0 Å². The molecule has 0 saturated carbocycles. The highest BCUT2D eigenvalue weighted by Gasteiger charge is 2.30. The lowest BCUT2D eigenvalue weighted by Gasteiger charge is -2.38. The van der Waals surface area contributed by atoms with Crippen LogP contribution in [0.4, 0.5) is 0 Å². The van der Waals surface area contributed by atoms with Gasteiger partial charge in [-0.05, 0) is 37.6 Å². The van der Waals surface area contributed by atoms with Crippen LogP contribution in [0.2, 0.25) is 0 Å². The number of carbonyl (C=O) groups excluding carboxylic acids is 1. The second-order valence-electron chi connectivity index (χ2n) is 5.53. The molecule has 0 spiro atoms. The van der Waals surface area contributed by atoms with Gasteiger partial charge in [0, 0.05) is 13.1 Å². The molecule has 1 amide bonds. The van der Waals surface area contributed by atoms with E-state index in [-0.39, 0.29) is 18.4 Å². The van der Waals surface area contributed by atoms with Gasteiger partial charge in [0.2, 0.25) is 5.91 Å². The lowest BCUT2D eigenvalue weighted by Crippen LogP contribution is -2.52. The van der Waals surface area contributed by atoms with E-state index in [4.69, 9.17) is 0 Å². The van der Waals surface area contributed by atoms with E-state index in [1.165, 1.54) is 19.3 Å². The average Bonchev–Trinajstić information content (AvgIpc) is 2.33. The van der Waals surface area contributed by atoms with Gasteiger partial charge in [-0.15, -0.1) is 12.4 Å². The predicted molar refractivity (Wildman–Crippen MR) is 72.4 cm³/mol. The minimum absolute atomic E-state index is 0. The molecule has 2 aliphatic rings. The first-order valence-electron chi connectivity index (χ1n) is 6.70. The van der Waals surface area contributed by atoms with Crippen LogP contribution >= 0.6 is 12.4 Å². The molecule has 0 aromatic heterocycles. The van der Waals surface area contributed by atoms with Gasteiger partial charge in [-0.2, -0.15) is 0 Å². The number of carbonyl (C=O) groups is 1. The van der Waals surface area contributed by atoms with Crippen molar-refractivity contribution >= 4 is 18.3 Å². The summed E-state index contributed by atoms with van der Waals surface area (Å²) in [6.45, 7) is 7.49. The van der Waals surface area contributed by atoms with Gasteiger partial charge >= 0.3 is 0 Å². The monoisotopic (exact) mass is 260 g/mol.